The van der Waals surface area contributed by atoms with Crippen LogP contribution in [0.5, 0.6) is 0 Å². The van der Waals surface area contributed by atoms with Gasteiger partial charge in [0, 0.05) is 50.8 Å². The molecule has 3 aliphatic rings. The predicted molar refractivity (Wildman–Crippen MR) is 370 cm³/mol. The summed E-state index contributed by atoms with van der Waals surface area (Å²) in [5.41, 5.74) is 31.9. The van der Waals surface area contributed by atoms with Gasteiger partial charge in [0.25, 0.3) is 0 Å². The first-order valence-corrected chi connectivity index (χ1v) is 31.1. The SMILES string of the molecule is CC.CCC.Cc1ccc2c(c1)C(C)(C)c1cc(N(c3cccc(C)c3-c3ccccc3C)c3cccc(C)c3-c3ccccc3C)c3ccccc3c1-2.Cc1cccc2c1-c1ccccc1C1CC21.Cc1cccc2c1c1ccccc1n2C. The van der Waals surface area contributed by atoms with Gasteiger partial charge in [0.2, 0.25) is 0 Å². The molecule has 2 unspecified atom stereocenters. The highest BCUT2D eigenvalue weighted by molar-refractivity contribution is 6.12. The Hall–Kier alpha value is -8.72. The molecule has 2 nitrogen and oxygen atoms in total. The number of rotatable bonds is 5. The lowest BCUT2D eigenvalue weighted by Crippen LogP contribution is -2.18. The number of para-hydroxylation sites is 1. The summed E-state index contributed by atoms with van der Waals surface area (Å²) in [5, 5.41) is 5.29. The third kappa shape index (κ3) is 10.4. The van der Waals surface area contributed by atoms with Crippen LogP contribution in [-0.2, 0) is 12.5 Å². The molecule has 0 aliphatic heterocycles. The predicted octanol–water partition coefficient (Wildman–Crippen LogP) is 23.8. The third-order valence-electron chi connectivity index (χ3n) is 18.1. The van der Waals surface area contributed by atoms with Crippen molar-refractivity contribution in [2.24, 2.45) is 7.05 Å². The Morgan fingerprint density at radius 3 is 1.47 bits per heavy atom. The van der Waals surface area contributed by atoms with E-state index in [9.17, 15) is 0 Å². The van der Waals surface area contributed by atoms with Crippen molar-refractivity contribution in [1.82, 2.24) is 4.57 Å². The fraction of sp³-hybridized carbons (Fsp3) is 0.229. The molecule has 0 N–H and O–H groups in total. The van der Waals surface area contributed by atoms with Crippen LogP contribution >= 0.6 is 0 Å². The van der Waals surface area contributed by atoms with Gasteiger partial charge in [-0.3, -0.25) is 0 Å². The van der Waals surface area contributed by atoms with Crippen molar-refractivity contribution in [3.05, 3.63) is 280 Å². The lowest BCUT2D eigenvalue weighted by atomic mass is 9.81. The molecule has 1 heterocycles. The number of anilines is 3. The molecule has 85 heavy (non-hydrogen) atoms. The number of aryl methyl sites for hydroxylation is 8. The van der Waals surface area contributed by atoms with Crippen molar-refractivity contribution >= 4 is 49.6 Å². The first-order valence-electron chi connectivity index (χ1n) is 31.1. The van der Waals surface area contributed by atoms with E-state index in [2.05, 4.69) is 311 Å². The molecule has 426 valence electrons. The highest BCUT2D eigenvalue weighted by Crippen LogP contribution is 2.62. The number of fused-ring (bicyclic) bond motifs is 14. The van der Waals surface area contributed by atoms with Crippen molar-refractivity contribution in [2.45, 2.75) is 120 Å². The van der Waals surface area contributed by atoms with Gasteiger partial charge in [0.05, 0.1) is 17.1 Å². The molecule has 1 aromatic heterocycles. The molecule has 1 fully saturated rings. The van der Waals surface area contributed by atoms with Gasteiger partial charge in [-0.25, -0.2) is 0 Å². The lowest BCUT2D eigenvalue weighted by Gasteiger charge is -2.34. The van der Waals surface area contributed by atoms with E-state index < -0.39 is 0 Å². The van der Waals surface area contributed by atoms with E-state index >= 15 is 0 Å². The maximum absolute atomic E-state index is 2.58. The summed E-state index contributed by atoms with van der Waals surface area (Å²) in [6.45, 7) is 28.6. The summed E-state index contributed by atoms with van der Waals surface area (Å²) >= 11 is 0. The van der Waals surface area contributed by atoms with Gasteiger partial charge in [-0.1, -0.05) is 242 Å². The van der Waals surface area contributed by atoms with Crippen molar-refractivity contribution in [2.75, 3.05) is 4.90 Å². The van der Waals surface area contributed by atoms with Crippen LogP contribution in [0.25, 0.3) is 77.1 Å². The minimum atomic E-state index is -0.155. The van der Waals surface area contributed by atoms with E-state index in [1.54, 1.807) is 11.1 Å². The first kappa shape index (κ1) is 58.1. The van der Waals surface area contributed by atoms with Crippen molar-refractivity contribution in [1.29, 1.82) is 0 Å². The van der Waals surface area contributed by atoms with Gasteiger partial charge in [0.1, 0.15) is 0 Å². The standard InChI is InChI=1S/C48H43N.C16H14.C14H13N.C3H8.C2H6/c1-30-26-27-39-40(28-30)48(6,7)41-29-44(37-22-12-13-23-38(37)47(39)41)49(42-24-14-18-33(4)45(42)35-20-10-8-16-31(35)2)43-25-15-19-34(5)46(43)36-21-11-9-17-32(36)3;1-10-5-4-8-13-15-9-14(15)11-6-2-3-7-12(11)16(10)13;1-10-6-5-9-13-14(10)11-7-3-4-8-12(11)15(13)2;1-3-2;1-2/h8-29H,1-7H3;2-8,14-15H,9H2,1H3;3-9H,1-2H3;3H2,1-2H3;1-2H3. The zero-order chi connectivity index (χ0) is 59.8. The van der Waals surface area contributed by atoms with E-state index in [-0.39, 0.29) is 5.41 Å². The highest BCUT2D eigenvalue weighted by Gasteiger charge is 2.45. The van der Waals surface area contributed by atoms with Gasteiger partial charge < -0.3 is 9.47 Å². The number of nitrogens with zero attached hydrogens (tertiary/aromatic N) is 2. The monoisotopic (exact) mass is 1110 g/mol. The molecular formula is C83H84N2. The highest BCUT2D eigenvalue weighted by atomic mass is 15.2. The largest absolute Gasteiger partial charge is 0.344 e. The molecule has 0 spiro atoms. The zero-order valence-corrected chi connectivity index (χ0v) is 52.7. The van der Waals surface area contributed by atoms with Crippen LogP contribution in [0.4, 0.5) is 17.1 Å². The molecule has 15 rings (SSSR count). The lowest BCUT2D eigenvalue weighted by molar-refractivity contribution is 0.660. The van der Waals surface area contributed by atoms with Crippen molar-refractivity contribution < 1.29 is 0 Å². The minimum Gasteiger partial charge on any atom is -0.344 e. The van der Waals surface area contributed by atoms with Crippen LogP contribution in [-0.4, -0.2) is 4.57 Å². The number of hydrogen-bond acceptors (Lipinski definition) is 1. The van der Waals surface area contributed by atoms with Gasteiger partial charge in [-0.2, -0.15) is 0 Å². The van der Waals surface area contributed by atoms with Gasteiger partial charge in [-0.15, -0.1) is 0 Å². The fourth-order valence-corrected chi connectivity index (χ4v) is 14.0. The average molecular weight is 1110 g/mol. The quantitative estimate of drug-likeness (QED) is 0.167. The molecule has 11 aromatic carbocycles. The Kier molecular flexibility index (Phi) is 16.5. The fourth-order valence-electron chi connectivity index (χ4n) is 14.0. The van der Waals surface area contributed by atoms with Gasteiger partial charge >= 0.3 is 0 Å². The summed E-state index contributed by atoms with van der Waals surface area (Å²) in [6, 6.07) is 80.6. The summed E-state index contributed by atoms with van der Waals surface area (Å²) < 4.78 is 2.26. The van der Waals surface area contributed by atoms with Crippen LogP contribution < -0.4 is 4.90 Å². The van der Waals surface area contributed by atoms with Crippen LogP contribution in [0.3, 0.4) is 0 Å². The Morgan fingerprint density at radius 1 is 0.388 bits per heavy atom. The molecule has 3 aliphatic carbocycles. The topological polar surface area (TPSA) is 8.17 Å². The first-order chi connectivity index (χ1) is 41.2. The Labute approximate surface area is 507 Å². The zero-order valence-electron chi connectivity index (χ0n) is 52.7. The number of aromatic nitrogens is 1. The second kappa shape index (κ2) is 24.1. The van der Waals surface area contributed by atoms with Gasteiger partial charge in [-0.05, 0) is 191 Å². The molecule has 0 saturated heterocycles. The average Bonchev–Trinajstić information content (AvgIpc) is 2.51. The maximum atomic E-state index is 2.58. The van der Waals surface area contributed by atoms with E-state index in [1.807, 2.05) is 13.8 Å². The Bertz CT molecular complexity index is 4350. The van der Waals surface area contributed by atoms with Crippen molar-refractivity contribution in [3.8, 4) is 44.5 Å². The van der Waals surface area contributed by atoms with Crippen molar-refractivity contribution in [3.63, 3.8) is 0 Å². The van der Waals surface area contributed by atoms with E-state index in [4.69, 9.17) is 0 Å². The maximum Gasteiger partial charge on any atom is 0.0544 e. The summed E-state index contributed by atoms with van der Waals surface area (Å²) in [4.78, 5) is 2.58. The molecule has 1 saturated carbocycles. The van der Waals surface area contributed by atoms with Crippen LogP contribution in [0.1, 0.15) is 127 Å². The second-order valence-corrected chi connectivity index (χ2v) is 24.3. The Morgan fingerprint density at radius 2 is 0.847 bits per heavy atom. The smallest absolute Gasteiger partial charge is 0.0544 e. The van der Waals surface area contributed by atoms with Crippen LogP contribution in [0, 0.1) is 48.5 Å². The van der Waals surface area contributed by atoms with E-state index in [0.717, 1.165) is 11.8 Å². The molecular weight excluding hydrogens is 1020 g/mol. The summed E-state index contributed by atoms with van der Waals surface area (Å²) in [7, 11) is 2.13. The normalized spacial score (nSPS) is 14.3. The molecule has 0 radical (unpaired) electrons. The minimum absolute atomic E-state index is 0.155. The van der Waals surface area contributed by atoms with E-state index in [1.165, 1.54) is 157 Å². The van der Waals surface area contributed by atoms with Crippen LogP contribution in [0.15, 0.2) is 218 Å². The van der Waals surface area contributed by atoms with Gasteiger partial charge in [0.15, 0.2) is 0 Å². The summed E-state index contributed by atoms with van der Waals surface area (Å²) in [6.07, 6.45) is 2.60. The molecule has 0 amide bonds. The molecule has 2 atom stereocenters. The number of benzene rings is 11. The molecule has 0 bridgehead atoms. The molecule has 12 aromatic rings. The Balaban J connectivity index is 0.000000167. The molecule has 2 heteroatoms. The second-order valence-electron chi connectivity index (χ2n) is 24.3. The third-order valence-corrected chi connectivity index (χ3v) is 18.1. The number of hydrogen-bond donors (Lipinski definition) is 0. The van der Waals surface area contributed by atoms with E-state index in [0.29, 0.717) is 0 Å². The van der Waals surface area contributed by atoms with Crippen LogP contribution in [0.2, 0.25) is 0 Å². The summed E-state index contributed by atoms with van der Waals surface area (Å²) in [5.74, 6) is 1.62.